The normalized spacial score (nSPS) is 10.3. The number of halogens is 3. The van der Waals surface area contributed by atoms with Gasteiger partial charge in [-0.3, -0.25) is 10.1 Å². The van der Waals surface area contributed by atoms with Crippen LogP contribution in [-0.4, -0.2) is 4.92 Å². The first-order chi connectivity index (χ1) is 8.95. The summed E-state index contributed by atoms with van der Waals surface area (Å²) >= 11 is 5.79. The van der Waals surface area contributed by atoms with Gasteiger partial charge in [-0.2, -0.15) is 0 Å². The zero-order chi connectivity index (χ0) is 14.0. The summed E-state index contributed by atoms with van der Waals surface area (Å²) in [6.07, 6.45) is 0. The molecule has 0 aliphatic carbocycles. The fraction of sp³-hybridized carbons (Fsp3) is 0. The molecule has 0 heterocycles. The van der Waals surface area contributed by atoms with Crippen LogP contribution in [0.15, 0.2) is 36.4 Å². The summed E-state index contributed by atoms with van der Waals surface area (Å²) in [6.45, 7) is 0. The first-order valence-corrected chi connectivity index (χ1v) is 5.50. The number of nitrogens with zero attached hydrogens (tertiary/aromatic N) is 1. The first-order valence-electron chi connectivity index (χ1n) is 5.13. The molecular formula is C12H7ClF2N2O2. The second-order valence-corrected chi connectivity index (χ2v) is 4.11. The second kappa shape index (κ2) is 5.19. The van der Waals surface area contributed by atoms with E-state index in [0.717, 1.165) is 24.3 Å². The Balaban J connectivity index is 2.35. The number of benzene rings is 2. The van der Waals surface area contributed by atoms with Gasteiger partial charge in [0.2, 0.25) is 0 Å². The van der Waals surface area contributed by atoms with Crippen LogP contribution in [0.25, 0.3) is 0 Å². The van der Waals surface area contributed by atoms with Gasteiger partial charge in [0.1, 0.15) is 11.6 Å². The molecule has 1 N–H and O–H groups in total. The number of nitrogens with one attached hydrogen (secondary N) is 1. The van der Waals surface area contributed by atoms with E-state index in [9.17, 15) is 18.9 Å². The zero-order valence-corrected chi connectivity index (χ0v) is 10.1. The third-order valence-corrected chi connectivity index (χ3v) is 2.62. The largest absolute Gasteiger partial charge is 0.354 e. The van der Waals surface area contributed by atoms with E-state index < -0.39 is 16.6 Å². The molecule has 4 nitrogen and oxygen atoms in total. The van der Waals surface area contributed by atoms with Gasteiger partial charge in [-0.05, 0) is 24.3 Å². The topological polar surface area (TPSA) is 55.2 Å². The molecule has 0 unspecified atom stereocenters. The van der Waals surface area contributed by atoms with E-state index in [-0.39, 0.29) is 16.4 Å². The van der Waals surface area contributed by atoms with Gasteiger partial charge in [0.25, 0.3) is 5.69 Å². The maximum absolute atomic E-state index is 13.2. The van der Waals surface area contributed by atoms with E-state index in [1.54, 1.807) is 0 Å². The van der Waals surface area contributed by atoms with Crippen molar-refractivity contribution in [1.82, 2.24) is 0 Å². The molecule has 0 saturated heterocycles. The molecule has 2 rings (SSSR count). The summed E-state index contributed by atoms with van der Waals surface area (Å²) in [4.78, 5) is 9.90. The Morgan fingerprint density at radius 2 is 1.84 bits per heavy atom. The molecule has 7 heteroatoms. The minimum absolute atomic E-state index is 0.0897. The highest BCUT2D eigenvalue weighted by molar-refractivity contribution is 6.33. The highest BCUT2D eigenvalue weighted by atomic mass is 35.5. The summed E-state index contributed by atoms with van der Waals surface area (Å²) in [5.41, 5.74) is 0.0870. The molecule has 0 bridgehead atoms. The smallest absolute Gasteiger partial charge is 0.274 e. The Morgan fingerprint density at radius 3 is 2.47 bits per heavy atom. The van der Waals surface area contributed by atoms with E-state index in [0.29, 0.717) is 5.69 Å². The average molecular weight is 285 g/mol. The summed E-state index contributed by atoms with van der Waals surface area (Å²) in [5, 5.41) is 13.4. The number of hydrogen-bond donors (Lipinski definition) is 1. The molecule has 0 amide bonds. The molecule has 0 saturated carbocycles. The Bertz CT molecular complexity index is 650. The van der Waals surface area contributed by atoms with Gasteiger partial charge in [0.05, 0.1) is 21.7 Å². The lowest BCUT2D eigenvalue weighted by Crippen LogP contribution is -1.95. The van der Waals surface area contributed by atoms with Gasteiger partial charge < -0.3 is 5.32 Å². The van der Waals surface area contributed by atoms with Crippen LogP contribution < -0.4 is 5.32 Å². The van der Waals surface area contributed by atoms with Crippen molar-refractivity contribution in [2.24, 2.45) is 0 Å². The van der Waals surface area contributed by atoms with Crippen molar-refractivity contribution in [2.75, 3.05) is 5.32 Å². The fourth-order valence-electron chi connectivity index (χ4n) is 1.50. The van der Waals surface area contributed by atoms with Crippen LogP contribution in [0.2, 0.25) is 5.02 Å². The molecule has 0 spiro atoms. The number of non-ortho nitro benzene ring substituents is 1. The van der Waals surface area contributed by atoms with Gasteiger partial charge in [0.15, 0.2) is 0 Å². The Morgan fingerprint density at radius 1 is 1.11 bits per heavy atom. The third-order valence-electron chi connectivity index (χ3n) is 2.30. The van der Waals surface area contributed by atoms with Gasteiger partial charge in [-0.15, -0.1) is 0 Å². The predicted molar refractivity (Wildman–Crippen MR) is 67.7 cm³/mol. The van der Waals surface area contributed by atoms with E-state index in [2.05, 4.69) is 5.32 Å². The molecule has 2 aromatic rings. The minimum atomic E-state index is -0.755. The van der Waals surface area contributed by atoms with Crippen LogP contribution in [-0.2, 0) is 0 Å². The summed E-state index contributed by atoms with van der Waals surface area (Å²) in [7, 11) is 0. The maximum atomic E-state index is 13.2. The van der Waals surface area contributed by atoms with Crippen molar-refractivity contribution >= 4 is 28.7 Å². The van der Waals surface area contributed by atoms with Crippen molar-refractivity contribution in [1.29, 1.82) is 0 Å². The van der Waals surface area contributed by atoms with Crippen molar-refractivity contribution in [3.05, 3.63) is 63.2 Å². The molecule has 19 heavy (non-hydrogen) atoms. The fourth-order valence-corrected chi connectivity index (χ4v) is 1.71. The number of rotatable bonds is 3. The molecule has 2 aromatic carbocycles. The first kappa shape index (κ1) is 13.2. The SMILES string of the molecule is O=[N+]([O-])c1cc(F)cc(Nc2ccc(F)cc2Cl)c1. The molecule has 98 valence electrons. The van der Waals surface area contributed by atoms with Crippen molar-refractivity contribution < 1.29 is 13.7 Å². The van der Waals surface area contributed by atoms with Crippen LogP contribution in [0.1, 0.15) is 0 Å². The number of nitro benzene ring substituents is 1. The molecule has 0 fully saturated rings. The third kappa shape index (κ3) is 3.17. The second-order valence-electron chi connectivity index (χ2n) is 3.70. The molecular weight excluding hydrogens is 278 g/mol. The van der Waals surface area contributed by atoms with E-state index in [4.69, 9.17) is 11.6 Å². The predicted octanol–water partition coefficient (Wildman–Crippen LogP) is 4.27. The van der Waals surface area contributed by atoms with Crippen molar-refractivity contribution in [3.8, 4) is 0 Å². The van der Waals surface area contributed by atoms with Crippen LogP contribution in [0.3, 0.4) is 0 Å². The van der Waals surface area contributed by atoms with Gasteiger partial charge in [-0.25, -0.2) is 8.78 Å². The Kier molecular flexibility index (Phi) is 3.62. The van der Waals surface area contributed by atoms with Crippen molar-refractivity contribution in [2.45, 2.75) is 0 Å². The molecule has 0 aromatic heterocycles. The van der Waals surface area contributed by atoms with Gasteiger partial charge in [-0.1, -0.05) is 11.6 Å². The summed E-state index contributed by atoms with van der Waals surface area (Å²) in [6, 6.07) is 6.64. The van der Waals surface area contributed by atoms with Crippen molar-refractivity contribution in [3.63, 3.8) is 0 Å². The van der Waals surface area contributed by atoms with E-state index in [1.807, 2.05) is 0 Å². The van der Waals surface area contributed by atoms with E-state index >= 15 is 0 Å². The van der Waals surface area contributed by atoms with E-state index in [1.165, 1.54) is 12.1 Å². The monoisotopic (exact) mass is 284 g/mol. The quantitative estimate of drug-likeness (QED) is 0.676. The molecule has 0 radical (unpaired) electrons. The number of hydrogen-bond acceptors (Lipinski definition) is 3. The highest BCUT2D eigenvalue weighted by Crippen LogP contribution is 2.28. The standard InChI is InChI=1S/C12H7ClF2N2O2/c13-11-5-7(14)1-2-12(11)16-9-3-8(15)4-10(6-9)17(18)19/h1-6,16H. The summed E-state index contributed by atoms with van der Waals surface area (Å²) in [5.74, 6) is -1.27. The van der Waals surface area contributed by atoms with Crippen LogP contribution in [0.4, 0.5) is 25.8 Å². The molecule has 0 atom stereocenters. The highest BCUT2D eigenvalue weighted by Gasteiger charge is 2.11. The zero-order valence-electron chi connectivity index (χ0n) is 9.36. The summed E-state index contributed by atoms with van der Waals surface area (Å²) < 4.78 is 26.1. The van der Waals surface area contributed by atoms with Gasteiger partial charge in [0, 0.05) is 11.8 Å². The van der Waals surface area contributed by atoms with Crippen LogP contribution in [0, 0.1) is 21.7 Å². The van der Waals surface area contributed by atoms with Crippen LogP contribution in [0.5, 0.6) is 0 Å². The van der Waals surface area contributed by atoms with Gasteiger partial charge >= 0.3 is 0 Å². The average Bonchev–Trinajstić information content (AvgIpc) is 2.32. The maximum Gasteiger partial charge on any atom is 0.274 e. The molecule has 0 aliphatic heterocycles. The minimum Gasteiger partial charge on any atom is -0.354 e. The lowest BCUT2D eigenvalue weighted by molar-refractivity contribution is -0.385. The number of nitro groups is 1. The van der Waals surface area contributed by atoms with Crippen LogP contribution >= 0.6 is 11.6 Å². The Hall–Kier alpha value is -2.21. The molecule has 0 aliphatic rings. The Labute approximate surface area is 111 Å². The number of anilines is 2. The lowest BCUT2D eigenvalue weighted by Gasteiger charge is -2.08. The lowest BCUT2D eigenvalue weighted by atomic mass is 10.2.